The Balaban J connectivity index is 3.39. The second kappa shape index (κ2) is 4.54. The van der Waals surface area contributed by atoms with E-state index in [9.17, 15) is 4.79 Å². The van der Waals surface area contributed by atoms with Gasteiger partial charge in [-0.1, -0.05) is 0 Å². The van der Waals surface area contributed by atoms with Crippen LogP contribution in [0.2, 0.25) is 0 Å². The van der Waals surface area contributed by atoms with Gasteiger partial charge in [-0.2, -0.15) is 0 Å². The van der Waals surface area contributed by atoms with Gasteiger partial charge in [-0.25, -0.2) is 0 Å². The molecule has 64 valence electrons. The summed E-state index contributed by atoms with van der Waals surface area (Å²) in [5.41, 5.74) is 5.11. The van der Waals surface area contributed by atoms with E-state index in [2.05, 4.69) is 0 Å². The Morgan fingerprint density at radius 2 is 2.27 bits per heavy atom. The standard InChI is InChI=1S/C6H13N3O2/c1-9(6(7)8)4-2-3-5(10)11/h2-4H2,1H3,(H3,7,8)(H,10,11). The fourth-order valence-electron chi connectivity index (χ4n) is 0.588. The first-order valence-electron chi connectivity index (χ1n) is 3.31. The summed E-state index contributed by atoms with van der Waals surface area (Å²) < 4.78 is 0. The van der Waals surface area contributed by atoms with Crippen LogP contribution >= 0.6 is 0 Å². The Bertz CT molecular complexity index is 158. The lowest BCUT2D eigenvalue weighted by atomic mass is 10.3. The summed E-state index contributed by atoms with van der Waals surface area (Å²) in [7, 11) is 1.66. The van der Waals surface area contributed by atoms with Gasteiger partial charge in [0.1, 0.15) is 0 Å². The second-order valence-electron chi connectivity index (χ2n) is 2.30. The molecule has 0 aromatic rings. The first-order chi connectivity index (χ1) is 5.04. The predicted octanol–water partition coefficient (Wildman–Crippen LogP) is -0.324. The van der Waals surface area contributed by atoms with Crippen LogP contribution in [0.15, 0.2) is 0 Å². The molecule has 0 atom stereocenters. The molecule has 0 aromatic heterocycles. The smallest absolute Gasteiger partial charge is 0.303 e. The second-order valence-corrected chi connectivity index (χ2v) is 2.30. The lowest BCUT2D eigenvalue weighted by Gasteiger charge is -2.14. The van der Waals surface area contributed by atoms with Gasteiger partial charge in [-0.05, 0) is 6.42 Å². The maximum absolute atomic E-state index is 10.0. The first-order valence-corrected chi connectivity index (χ1v) is 3.31. The number of carbonyl (C=O) groups is 1. The molecule has 5 nitrogen and oxygen atoms in total. The number of hydrogen-bond acceptors (Lipinski definition) is 2. The van der Waals surface area contributed by atoms with Gasteiger partial charge in [0, 0.05) is 20.0 Å². The minimum absolute atomic E-state index is 0.0320. The lowest BCUT2D eigenvalue weighted by Crippen LogP contribution is -2.33. The highest BCUT2D eigenvalue weighted by atomic mass is 16.4. The van der Waals surface area contributed by atoms with Gasteiger partial charge in [0.25, 0.3) is 0 Å². The van der Waals surface area contributed by atoms with Crippen LogP contribution in [0.5, 0.6) is 0 Å². The minimum Gasteiger partial charge on any atom is -0.481 e. The molecule has 5 heteroatoms. The molecule has 0 aliphatic rings. The van der Waals surface area contributed by atoms with Crippen LogP contribution in [0, 0.1) is 5.41 Å². The fourth-order valence-corrected chi connectivity index (χ4v) is 0.588. The van der Waals surface area contributed by atoms with Gasteiger partial charge in [0.2, 0.25) is 0 Å². The molecule has 0 heterocycles. The third-order valence-corrected chi connectivity index (χ3v) is 1.30. The van der Waals surface area contributed by atoms with Crippen LogP contribution in [0.1, 0.15) is 12.8 Å². The van der Waals surface area contributed by atoms with Crippen LogP contribution in [-0.4, -0.2) is 35.5 Å². The maximum Gasteiger partial charge on any atom is 0.303 e. The maximum atomic E-state index is 10.0. The molecule has 0 amide bonds. The lowest BCUT2D eigenvalue weighted by molar-refractivity contribution is -0.137. The van der Waals surface area contributed by atoms with Gasteiger partial charge in [-0.15, -0.1) is 0 Å². The molecule has 0 rings (SSSR count). The highest BCUT2D eigenvalue weighted by Crippen LogP contribution is 1.91. The molecule has 0 saturated heterocycles. The fraction of sp³-hybridized carbons (Fsp3) is 0.667. The van der Waals surface area contributed by atoms with Gasteiger partial charge in [0.05, 0.1) is 0 Å². The Hall–Kier alpha value is -1.26. The van der Waals surface area contributed by atoms with Crippen molar-refractivity contribution in [2.45, 2.75) is 12.8 Å². The molecule has 0 saturated carbocycles. The molecule has 0 unspecified atom stereocenters. The molecule has 11 heavy (non-hydrogen) atoms. The third kappa shape index (κ3) is 5.20. The predicted molar refractivity (Wildman–Crippen MR) is 41.4 cm³/mol. The van der Waals surface area contributed by atoms with E-state index in [0.717, 1.165) is 0 Å². The zero-order chi connectivity index (χ0) is 8.85. The van der Waals surface area contributed by atoms with Gasteiger partial charge in [0.15, 0.2) is 5.96 Å². The van der Waals surface area contributed by atoms with Crippen molar-refractivity contribution in [1.29, 1.82) is 5.41 Å². The normalized spacial score (nSPS) is 9.18. The van der Waals surface area contributed by atoms with Crippen molar-refractivity contribution in [3.8, 4) is 0 Å². The Labute approximate surface area is 65.3 Å². The van der Waals surface area contributed by atoms with E-state index in [4.69, 9.17) is 16.2 Å². The highest BCUT2D eigenvalue weighted by Gasteiger charge is 2.00. The van der Waals surface area contributed by atoms with Crippen LogP contribution in [0.25, 0.3) is 0 Å². The number of carboxylic acids is 1. The van der Waals surface area contributed by atoms with Crippen molar-refractivity contribution in [2.24, 2.45) is 5.73 Å². The quantitative estimate of drug-likeness (QED) is 0.387. The molecular formula is C6H13N3O2. The zero-order valence-corrected chi connectivity index (χ0v) is 6.50. The molecule has 0 aliphatic carbocycles. The molecule has 0 aromatic carbocycles. The van der Waals surface area contributed by atoms with E-state index in [-0.39, 0.29) is 12.4 Å². The van der Waals surface area contributed by atoms with Gasteiger partial charge >= 0.3 is 5.97 Å². The number of nitrogens with one attached hydrogen (secondary N) is 1. The molecule has 0 aliphatic heterocycles. The van der Waals surface area contributed by atoms with E-state index in [0.29, 0.717) is 13.0 Å². The summed E-state index contributed by atoms with van der Waals surface area (Å²) in [6, 6.07) is 0. The van der Waals surface area contributed by atoms with E-state index in [1.54, 1.807) is 7.05 Å². The third-order valence-electron chi connectivity index (χ3n) is 1.30. The van der Waals surface area contributed by atoms with Crippen LogP contribution < -0.4 is 5.73 Å². The summed E-state index contributed by atoms with van der Waals surface area (Å²) >= 11 is 0. The van der Waals surface area contributed by atoms with Gasteiger partial charge in [-0.3, -0.25) is 10.2 Å². The zero-order valence-electron chi connectivity index (χ0n) is 6.50. The highest BCUT2D eigenvalue weighted by molar-refractivity contribution is 5.74. The van der Waals surface area contributed by atoms with E-state index in [1.165, 1.54) is 4.90 Å². The monoisotopic (exact) mass is 159 g/mol. The summed E-state index contributed by atoms with van der Waals surface area (Å²) in [5.74, 6) is -0.850. The van der Waals surface area contributed by atoms with E-state index in [1.807, 2.05) is 0 Å². The van der Waals surface area contributed by atoms with E-state index >= 15 is 0 Å². The number of nitrogens with two attached hydrogens (primary N) is 1. The number of nitrogens with zero attached hydrogens (tertiary/aromatic N) is 1. The number of hydrogen-bond donors (Lipinski definition) is 3. The summed E-state index contributed by atoms with van der Waals surface area (Å²) in [5, 5.41) is 15.2. The SMILES string of the molecule is CN(CCCC(=O)O)C(=N)N. The van der Waals surface area contributed by atoms with Crippen molar-refractivity contribution < 1.29 is 9.90 Å². The molecular weight excluding hydrogens is 146 g/mol. The average Bonchev–Trinajstić information content (AvgIpc) is 1.86. The minimum atomic E-state index is -0.818. The van der Waals surface area contributed by atoms with Crippen molar-refractivity contribution in [3.05, 3.63) is 0 Å². The van der Waals surface area contributed by atoms with Crippen molar-refractivity contribution in [2.75, 3.05) is 13.6 Å². The van der Waals surface area contributed by atoms with Gasteiger partial charge < -0.3 is 15.7 Å². The first kappa shape index (κ1) is 9.74. The van der Waals surface area contributed by atoms with Crippen LogP contribution in [0.4, 0.5) is 0 Å². The van der Waals surface area contributed by atoms with Crippen molar-refractivity contribution >= 4 is 11.9 Å². The topological polar surface area (TPSA) is 90.4 Å². The summed E-state index contributed by atoms with van der Waals surface area (Å²) in [6.07, 6.45) is 0.642. The molecule has 4 N–H and O–H groups in total. The Morgan fingerprint density at radius 1 is 1.73 bits per heavy atom. The van der Waals surface area contributed by atoms with Crippen LogP contribution in [0.3, 0.4) is 0 Å². The number of guanidine groups is 1. The Kier molecular flexibility index (Phi) is 4.02. The molecule has 0 fully saturated rings. The molecule has 0 radical (unpaired) electrons. The largest absolute Gasteiger partial charge is 0.481 e. The number of rotatable bonds is 4. The number of carboxylic acid groups (broad SMARTS) is 1. The van der Waals surface area contributed by atoms with E-state index < -0.39 is 5.97 Å². The average molecular weight is 159 g/mol. The van der Waals surface area contributed by atoms with Crippen LogP contribution in [-0.2, 0) is 4.79 Å². The number of aliphatic carboxylic acids is 1. The van der Waals surface area contributed by atoms with Crippen molar-refractivity contribution in [3.63, 3.8) is 0 Å². The van der Waals surface area contributed by atoms with Crippen molar-refractivity contribution in [1.82, 2.24) is 4.90 Å². The molecule has 0 bridgehead atoms. The summed E-state index contributed by atoms with van der Waals surface area (Å²) in [6.45, 7) is 0.516. The summed E-state index contributed by atoms with van der Waals surface area (Å²) in [4.78, 5) is 11.6. The Morgan fingerprint density at radius 3 is 2.64 bits per heavy atom. The molecule has 0 spiro atoms.